The van der Waals surface area contributed by atoms with Gasteiger partial charge in [0.05, 0.1) is 0 Å². The summed E-state index contributed by atoms with van der Waals surface area (Å²) in [5.41, 5.74) is 2.93. The van der Waals surface area contributed by atoms with Crippen molar-refractivity contribution in [1.29, 1.82) is 0 Å². The summed E-state index contributed by atoms with van der Waals surface area (Å²) in [6.07, 6.45) is 3.98. The molecule has 1 aromatic carbocycles. The molecule has 0 radical (unpaired) electrons. The number of nitrogens with zero attached hydrogens (tertiary/aromatic N) is 1. The highest BCUT2D eigenvalue weighted by Gasteiger charge is 2.30. The van der Waals surface area contributed by atoms with E-state index < -0.39 is 0 Å². The Hall–Kier alpha value is -0.530. The Balaban J connectivity index is 1.86. The first-order valence-corrected chi connectivity index (χ1v) is 5.72. The molecule has 0 spiro atoms. The van der Waals surface area contributed by atoms with E-state index in [1.165, 1.54) is 36.9 Å². The molecule has 2 aliphatic rings. The van der Waals surface area contributed by atoms with Crippen molar-refractivity contribution in [2.45, 2.75) is 31.8 Å². The topological polar surface area (TPSA) is 3.24 Å². The average Bonchev–Trinajstić information content (AvgIpc) is 3.00. The van der Waals surface area contributed by atoms with E-state index in [2.05, 4.69) is 17.0 Å². The fourth-order valence-corrected chi connectivity index (χ4v) is 2.49. The van der Waals surface area contributed by atoms with Crippen molar-refractivity contribution in [2.24, 2.45) is 0 Å². The van der Waals surface area contributed by atoms with E-state index >= 15 is 0 Å². The number of benzene rings is 1. The smallest absolute Gasteiger partial charge is 0.0408 e. The monoisotopic (exact) mass is 207 g/mol. The molecule has 0 atom stereocenters. The summed E-state index contributed by atoms with van der Waals surface area (Å²) in [6.45, 7) is 2.36. The summed E-state index contributed by atoms with van der Waals surface area (Å²) >= 11 is 5.97. The van der Waals surface area contributed by atoms with Crippen LogP contribution in [0.5, 0.6) is 0 Å². The molecule has 1 nitrogen and oxygen atoms in total. The van der Waals surface area contributed by atoms with Crippen LogP contribution < -0.4 is 0 Å². The first-order valence-electron chi connectivity index (χ1n) is 5.34. The van der Waals surface area contributed by atoms with Gasteiger partial charge in [0.1, 0.15) is 0 Å². The van der Waals surface area contributed by atoms with Crippen molar-refractivity contribution in [3.05, 3.63) is 34.3 Å². The summed E-state index contributed by atoms with van der Waals surface area (Å²) in [5.74, 6) is 0. The van der Waals surface area contributed by atoms with Crippen molar-refractivity contribution >= 4 is 11.6 Å². The van der Waals surface area contributed by atoms with Gasteiger partial charge in [0.15, 0.2) is 0 Å². The van der Waals surface area contributed by atoms with E-state index in [4.69, 9.17) is 11.6 Å². The Kier molecular flexibility index (Phi) is 2.03. The third kappa shape index (κ3) is 1.55. The van der Waals surface area contributed by atoms with E-state index in [0.29, 0.717) is 0 Å². The lowest BCUT2D eigenvalue weighted by molar-refractivity contribution is 0.244. The summed E-state index contributed by atoms with van der Waals surface area (Å²) < 4.78 is 0. The first-order chi connectivity index (χ1) is 6.83. The second kappa shape index (κ2) is 3.25. The maximum Gasteiger partial charge on any atom is 0.0408 e. The minimum absolute atomic E-state index is 0.878. The van der Waals surface area contributed by atoms with Crippen molar-refractivity contribution in [1.82, 2.24) is 4.90 Å². The second-order valence-corrected chi connectivity index (χ2v) is 4.80. The number of hydrogen-bond donors (Lipinski definition) is 0. The van der Waals surface area contributed by atoms with Gasteiger partial charge in [-0.2, -0.15) is 0 Å². The number of halogens is 1. The zero-order valence-corrected chi connectivity index (χ0v) is 8.93. The van der Waals surface area contributed by atoms with Crippen molar-refractivity contribution < 1.29 is 0 Å². The van der Waals surface area contributed by atoms with Gasteiger partial charge in [-0.05, 0) is 42.5 Å². The molecular formula is C12H14ClN. The van der Waals surface area contributed by atoms with E-state index in [9.17, 15) is 0 Å². The summed E-state index contributed by atoms with van der Waals surface area (Å²) in [4.78, 5) is 2.61. The predicted molar refractivity (Wildman–Crippen MR) is 58.6 cm³/mol. The molecule has 0 N–H and O–H groups in total. The summed E-state index contributed by atoms with van der Waals surface area (Å²) in [6, 6.07) is 7.21. The zero-order chi connectivity index (χ0) is 9.54. The molecule has 3 rings (SSSR count). The maximum absolute atomic E-state index is 5.97. The third-order valence-corrected chi connectivity index (χ3v) is 3.51. The normalized spacial score (nSPS) is 22.1. The molecule has 1 aliphatic carbocycles. The van der Waals surface area contributed by atoms with Gasteiger partial charge in [0.25, 0.3) is 0 Å². The molecule has 1 fully saturated rings. The number of hydrogen-bond acceptors (Lipinski definition) is 1. The van der Waals surface area contributed by atoms with Crippen LogP contribution in [-0.2, 0) is 13.0 Å². The molecular weight excluding hydrogens is 194 g/mol. The molecule has 0 bridgehead atoms. The molecule has 0 unspecified atom stereocenters. The van der Waals surface area contributed by atoms with Gasteiger partial charge in [-0.15, -0.1) is 0 Å². The molecule has 2 heteroatoms. The van der Waals surface area contributed by atoms with Crippen molar-refractivity contribution in [2.75, 3.05) is 6.54 Å². The van der Waals surface area contributed by atoms with Crippen LogP contribution in [0.15, 0.2) is 18.2 Å². The van der Waals surface area contributed by atoms with Crippen LogP contribution in [0.25, 0.3) is 0 Å². The highest BCUT2D eigenvalue weighted by atomic mass is 35.5. The van der Waals surface area contributed by atoms with Gasteiger partial charge >= 0.3 is 0 Å². The summed E-state index contributed by atoms with van der Waals surface area (Å²) in [7, 11) is 0. The van der Waals surface area contributed by atoms with E-state index in [0.717, 1.165) is 17.6 Å². The first kappa shape index (κ1) is 8.75. The SMILES string of the molecule is Clc1ccc2c(c1)CCN(C1CC1)C2. The fraction of sp³-hybridized carbons (Fsp3) is 0.500. The van der Waals surface area contributed by atoms with Crippen molar-refractivity contribution in [3.63, 3.8) is 0 Å². The molecule has 14 heavy (non-hydrogen) atoms. The average molecular weight is 208 g/mol. The molecule has 0 aromatic heterocycles. The van der Waals surface area contributed by atoms with E-state index in [1.54, 1.807) is 0 Å². The molecule has 1 aromatic rings. The third-order valence-electron chi connectivity index (χ3n) is 3.27. The number of rotatable bonds is 1. The lowest BCUT2D eigenvalue weighted by atomic mass is 10.00. The van der Waals surface area contributed by atoms with Crippen molar-refractivity contribution in [3.8, 4) is 0 Å². The minimum atomic E-state index is 0.878. The lowest BCUT2D eigenvalue weighted by Gasteiger charge is -2.28. The fourth-order valence-electron chi connectivity index (χ4n) is 2.29. The van der Waals surface area contributed by atoms with Gasteiger partial charge < -0.3 is 0 Å². The van der Waals surface area contributed by atoms with Crippen LogP contribution in [0.4, 0.5) is 0 Å². The van der Waals surface area contributed by atoms with E-state index in [1.807, 2.05) is 6.07 Å². The van der Waals surface area contributed by atoms with Gasteiger partial charge in [-0.25, -0.2) is 0 Å². The second-order valence-electron chi connectivity index (χ2n) is 4.36. The molecule has 1 aliphatic heterocycles. The Morgan fingerprint density at radius 3 is 2.86 bits per heavy atom. The van der Waals surface area contributed by atoms with Gasteiger partial charge in [-0.3, -0.25) is 4.90 Å². The zero-order valence-electron chi connectivity index (χ0n) is 8.17. The molecule has 0 saturated heterocycles. The maximum atomic E-state index is 5.97. The predicted octanol–water partition coefficient (Wildman–Crippen LogP) is 2.86. The molecule has 1 saturated carbocycles. The largest absolute Gasteiger partial charge is 0.296 e. The van der Waals surface area contributed by atoms with Crippen LogP contribution in [0.1, 0.15) is 24.0 Å². The van der Waals surface area contributed by atoms with E-state index in [-0.39, 0.29) is 0 Å². The standard InChI is InChI=1S/C12H14ClN/c13-11-2-1-10-8-14(12-3-4-12)6-5-9(10)7-11/h1-2,7,12H,3-6,8H2. The van der Waals surface area contributed by atoms with Crippen LogP contribution in [0.3, 0.4) is 0 Å². The quantitative estimate of drug-likeness (QED) is 0.685. The van der Waals surface area contributed by atoms with Gasteiger partial charge in [0.2, 0.25) is 0 Å². The Bertz CT molecular complexity index is 357. The van der Waals surface area contributed by atoms with Crippen LogP contribution >= 0.6 is 11.6 Å². The molecule has 1 heterocycles. The Morgan fingerprint density at radius 2 is 2.07 bits per heavy atom. The lowest BCUT2D eigenvalue weighted by Crippen LogP contribution is -2.32. The Labute approximate surface area is 89.7 Å². The number of fused-ring (bicyclic) bond motifs is 1. The molecule has 74 valence electrons. The highest BCUT2D eigenvalue weighted by Crippen LogP contribution is 2.32. The van der Waals surface area contributed by atoms with Gasteiger partial charge in [-0.1, -0.05) is 17.7 Å². The van der Waals surface area contributed by atoms with Crippen LogP contribution in [-0.4, -0.2) is 17.5 Å². The minimum Gasteiger partial charge on any atom is -0.296 e. The summed E-state index contributed by atoms with van der Waals surface area (Å²) in [5, 5.41) is 0.878. The highest BCUT2D eigenvalue weighted by molar-refractivity contribution is 6.30. The van der Waals surface area contributed by atoms with Crippen LogP contribution in [0.2, 0.25) is 5.02 Å². The van der Waals surface area contributed by atoms with Crippen LogP contribution in [0, 0.1) is 0 Å². The molecule has 0 amide bonds. The van der Waals surface area contributed by atoms with Gasteiger partial charge in [0, 0.05) is 24.2 Å². The Morgan fingerprint density at radius 1 is 1.21 bits per heavy atom.